The predicted molar refractivity (Wildman–Crippen MR) is 78.3 cm³/mol. The summed E-state index contributed by atoms with van der Waals surface area (Å²) in [5.41, 5.74) is 1.70. The minimum Gasteiger partial charge on any atom is -0.493 e. The molecule has 0 amide bonds. The average Bonchev–Trinajstić information content (AvgIpc) is 2.37. The molecule has 1 aromatic carbocycles. The standard InChI is InChI=1S/C14H19BrOS/c1-4-14(5-2)6-7-16-12-9-13(17-3)11(15)8-10(12)14/h8-9H,4-7H2,1-3H3. The van der Waals surface area contributed by atoms with Gasteiger partial charge in [-0.15, -0.1) is 11.8 Å². The first-order valence-corrected chi connectivity index (χ1v) is 8.19. The summed E-state index contributed by atoms with van der Waals surface area (Å²) in [6, 6.07) is 4.46. The van der Waals surface area contributed by atoms with E-state index < -0.39 is 0 Å². The number of ether oxygens (including phenoxy) is 1. The van der Waals surface area contributed by atoms with E-state index in [9.17, 15) is 0 Å². The fourth-order valence-electron chi connectivity index (χ4n) is 2.70. The van der Waals surface area contributed by atoms with Gasteiger partial charge in [0.15, 0.2) is 0 Å². The fourth-order valence-corrected chi connectivity index (χ4v) is 4.01. The molecule has 0 aliphatic carbocycles. The molecule has 1 aromatic rings. The third kappa shape index (κ3) is 2.24. The molecule has 1 nitrogen and oxygen atoms in total. The van der Waals surface area contributed by atoms with E-state index in [1.54, 1.807) is 11.8 Å². The monoisotopic (exact) mass is 314 g/mol. The van der Waals surface area contributed by atoms with Gasteiger partial charge in [-0.25, -0.2) is 0 Å². The van der Waals surface area contributed by atoms with Crippen LogP contribution in [0.1, 0.15) is 38.7 Å². The van der Waals surface area contributed by atoms with Gasteiger partial charge in [0.1, 0.15) is 5.75 Å². The maximum Gasteiger partial charge on any atom is 0.124 e. The second kappa shape index (κ2) is 5.23. The molecule has 0 saturated heterocycles. The SMILES string of the molecule is CCC1(CC)CCOc2cc(SC)c(Br)cc21. The smallest absolute Gasteiger partial charge is 0.124 e. The minimum atomic E-state index is 0.313. The van der Waals surface area contributed by atoms with Gasteiger partial charge in [0.05, 0.1) is 6.61 Å². The van der Waals surface area contributed by atoms with Gasteiger partial charge in [0.25, 0.3) is 0 Å². The number of hydrogen-bond acceptors (Lipinski definition) is 2. The Kier molecular flexibility index (Phi) is 4.09. The highest BCUT2D eigenvalue weighted by Crippen LogP contribution is 2.46. The van der Waals surface area contributed by atoms with Gasteiger partial charge >= 0.3 is 0 Å². The molecular formula is C14H19BrOS. The largest absolute Gasteiger partial charge is 0.493 e. The Bertz CT molecular complexity index is 413. The molecule has 1 aliphatic heterocycles. The zero-order valence-electron chi connectivity index (χ0n) is 10.7. The third-order valence-electron chi connectivity index (χ3n) is 4.02. The van der Waals surface area contributed by atoms with E-state index in [4.69, 9.17) is 4.74 Å². The number of hydrogen-bond donors (Lipinski definition) is 0. The second-order valence-corrected chi connectivity index (χ2v) is 6.27. The molecule has 0 unspecified atom stereocenters. The molecule has 94 valence electrons. The van der Waals surface area contributed by atoms with Gasteiger partial charge in [-0.05, 0) is 53.6 Å². The lowest BCUT2D eigenvalue weighted by Gasteiger charge is -2.38. The Morgan fingerprint density at radius 2 is 2.06 bits per heavy atom. The highest BCUT2D eigenvalue weighted by atomic mass is 79.9. The lowest BCUT2D eigenvalue weighted by atomic mass is 9.72. The minimum absolute atomic E-state index is 0.313. The molecule has 1 heterocycles. The zero-order chi connectivity index (χ0) is 12.5. The van der Waals surface area contributed by atoms with Crippen LogP contribution in [-0.2, 0) is 5.41 Å². The van der Waals surface area contributed by atoms with Crippen molar-refractivity contribution in [1.82, 2.24) is 0 Å². The van der Waals surface area contributed by atoms with Gasteiger partial charge < -0.3 is 4.74 Å². The summed E-state index contributed by atoms with van der Waals surface area (Å²) in [5.74, 6) is 1.09. The number of benzene rings is 1. The topological polar surface area (TPSA) is 9.23 Å². The molecule has 2 rings (SSSR count). The van der Waals surface area contributed by atoms with Crippen LogP contribution in [0.25, 0.3) is 0 Å². The summed E-state index contributed by atoms with van der Waals surface area (Å²) in [7, 11) is 0. The fraction of sp³-hybridized carbons (Fsp3) is 0.571. The van der Waals surface area contributed by atoms with Crippen molar-refractivity contribution in [2.75, 3.05) is 12.9 Å². The van der Waals surface area contributed by atoms with Crippen LogP contribution in [0.5, 0.6) is 5.75 Å². The van der Waals surface area contributed by atoms with E-state index in [0.29, 0.717) is 5.41 Å². The summed E-state index contributed by atoms with van der Waals surface area (Å²) in [5, 5.41) is 0. The highest BCUT2D eigenvalue weighted by Gasteiger charge is 2.35. The third-order valence-corrected chi connectivity index (χ3v) is 5.71. The Balaban J connectivity index is 2.55. The normalized spacial score (nSPS) is 17.4. The quantitative estimate of drug-likeness (QED) is 0.725. The van der Waals surface area contributed by atoms with Crippen molar-refractivity contribution in [1.29, 1.82) is 0 Å². The molecule has 17 heavy (non-hydrogen) atoms. The van der Waals surface area contributed by atoms with Crippen LogP contribution in [0.4, 0.5) is 0 Å². The van der Waals surface area contributed by atoms with Gasteiger partial charge in [-0.1, -0.05) is 13.8 Å². The molecule has 0 N–H and O–H groups in total. The van der Waals surface area contributed by atoms with E-state index in [1.165, 1.54) is 27.8 Å². The van der Waals surface area contributed by atoms with Crippen molar-refractivity contribution in [3.8, 4) is 5.75 Å². The van der Waals surface area contributed by atoms with Crippen molar-refractivity contribution in [2.24, 2.45) is 0 Å². The molecule has 0 bridgehead atoms. The van der Waals surface area contributed by atoms with E-state index >= 15 is 0 Å². The van der Waals surface area contributed by atoms with Crippen molar-refractivity contribution in [3.05, 3.63) is 22.2 Å². The van der Waals surface area contributed by atoms with Crippen molar-refractivity contribution in [2.45, 2.75) is 43.4 Å². The first-order chi connectivity index (χ1) is 8.16. The van der Waals surface area contributed by atoms with Gasteiger partial charge in [0, 0.05) is 20.3 Å². The van der Waals surface area contributed by atoms with Crippen LogP contribution in [0, 0.1) is 0 Å². The molecular weight excluding hydrogens is 296 g/mol. The van der Waals surface area contributed by atoms with Gasteiger partial charge in [-0.3, -0.25) is 0 Å². The van der Waals surface area contributed by atoms with Crippen LogP contribution in [-0.4, -0.2) is 12.9 Å². The molecule has 0 radical (unpaired) electrons. The summed E-state index contributed by atoms with van der Waals surface area (Å²) >= 11 is 5.43. The molecule has 3 heteroatoms. The molecule has 1 aliphatic rings. The molecule has 0 aromatic heterocycles. The highest BCUT2D eigenvalue weighted by molar-refractivity contribution is 9.10. The number of thioether (sulfide) groups is 1. The Labute approximate surface area is 116 Å². The summed E-state index contributed by atoms with van der Waals surface area (Å²) in [6.07, 6.45) is 5.61. The molecule has 0 fully saturated rings. The van der Waals surface area contributed by atoms with E-state index in [1.807, 2.05) is 0 Å². The van der Waals surface area contributed by atoms with E-state index in [2.05, 4.69) is 48.2 Å². The van der Waals surface area contributed by atoms with Crippen LogP contribution in [0.2, 0.25) is 0 Å². The predicted octanol–water partition coefficient (Wildman–Crippen LogP) is 5.01. The van der Waals surface area contributed by atoms with Crippen molar-refractivity contribution < 1.29 is 4.74 Å². The second-order valence-electron chi connectivity index (χ2n) is 4.57. The molecule has 0 saturated carbocycles. The Morgan fingerprint density at radius 1 is 1.35 bits per heavy atom. The first kappa shape index (κ1) is 13.3. The number of fused-ring (bicyclic) bond motifs is 1. The zero-order valence-corrected chi connectivity index (χ0v) is 13.1. The Hall–Kier alpha value is -0.150. The lowest BCUT2D eigenvalue weighted by Crippen LogP contribution is -2.31. The molecule has 0 spiro atoms. The van der Waals surface area contributed by atoms with Crippen LogP contribution < -0.4 is 4.74 Å². The van der Waals surface area contributed by atoms with Gasteiger partial charge in [0.2, 0.25) is 0 Å². The van der Waals surface area contributed by atoms with E-state index in [-0.39, 0.29) is 0 Å². The first-order valence-electron chi connectivity index (χ1n) is 6.17. The van der Waals surface area contributed by atoms with Crippen molar-refractivity contribution >= 4 is 27.7 Å². The van der Waals surface area contributed by atoms with Crippen LogP contribution in [0.15, 0.2) is 21.5 Å². The maximum atomic E-state index is 5.85. The maximum absolute atomic E-state index is 5.85. The summed E-state index contributed by atoms with van der Waals surface area (Å²) in [4.78, 5) is 1.26. The van der Waals surface area contributed by atoms with E-state index in [0.717, 1.165) is 18.8 Å². The Morgan fingerprint density at radius 3 is 2.65 bits per heavy atom. The number of halogens is 1. The van der Waals surface area contributed by atoms with Crippen LogP contribution in [0.3, 0.4) is 0 Å². The summed E-state index contributed by atoms with van der Waals surface area (Å²) < 4.78 is 7.04. The van der Waals surface area contributed by atoms with Gasteiger partial charge in [-0.2, -0.15) is 0 Å². The number of rotatable bonds is 3. The van der Waals surface area contributed by atoms with Crippen molar-refractivity contribution in [3.63, 3.8) is 0 Å². The molecule has 0 atom stereocenters. The summed E-state index contributed by atoms with van der Waals surface area (Å²) in [6.45, 7) is 5.42. The lowest BCUT2D eigenvalue weighted by molar-refractivity contribution is 0.203. The average molecular weight is 315 g/mol. The van der Waals surface area contributed by atoms with Crippen LogP contribution >= 0.6 is 27.7 Å².